The zero-order valence-corrected chi connectivity index (χ0v) is 19.2. The number of hydrogen-bond acceptors (Lipinski definition) is 3. The summed E-state index contributed by atoms with van der Waals surface area (Å²) >= 11 is 0. The minimum Gasteiger partial charge on any atom is -0.394 e. The molecule has 3 nitrogen and oxygen atoms in total. The molecule has 0 aliphatic heterocycles. The Labute approximate surface area is 176 Å². The molecule has 0 bridgehead atoms. The third-order valence-corrected chi connectivity index (χ3v) is 6.15. The van der Waals surface area contributed by atoms with Gasteiger partial charge in [-0.3, -0.25) is 0 Å². The van der Waals surface area contributed by atoms with Crippen LogP contribution >= 0.6 is 0 Å². The summed E-state index contributed by atoms with van der Waals surface area (Å²) in [5.41, 5.74) is 0. The smallest absolute Gasteiger partial charge is 0.103 e. The van der Waals surface area contributed by atoms with Gasteiger partial charge in [-0.25, -0.2) is 0 Å². The van der Waals surface area contributed by atoms with Crippen LogP contribution in [0.2, 0.25) is 0 Å². The van der Waals surface area contributed by atoms with Gasteiger partial charge in [0.1, 0.15) is 6.10 Å². The van der Waals surface area contributed by atoms with Gasteiger partial charge in [-0.15, -0.1) is 0 Å². The number of rotatable bonds is 22. The lowest BCUT2D eigenvalue weighted by atomic mass is 9.88. The Balaban J connectivity index is 3.40. The fourth-order valence-electron chi connectivity index (χ4n) is 4.23. The van der Waals surface area contributed by atoms with Crippen molar-refractivity contribution in [3.8, 4) is 0 Å². The highest BCUT2D eigenvalue weighted by Crippen LogP contribution is 2.22. The molecule has 3 N–H and O–H groups in total. The molecule has 0 heterocycles. The molecule has 28 heavy (non-hydrogen) atoms. The van der Waals surface area contributed by atoms with Gasteiger partial charge in [-0.2, -0.15) is 0 Å². The number of aliphatic hydroxyl groups is 3. The molecule has 0 radical (unpaired) electrons. The third kappa shape index (κ3) is 16.8. The maximum atomic E-state index is 10.1. The van der Waals surface area contributed by atoms with E-state index in [1.165, 1.54) is 96.3 Å². The summed E-state index contributed by atoms with van der Waals surface area (Å²) in [6.45, 7) is 4.04. The summed E-state index contributed by atoms with van der Waals surface area (Å²) in [4.78, 5) is 0. The molecule has 0 saturated carbocycles. The molecular weight excluding hydrogens is 348 g/mol. The van der Waals surface area contributed by atoms with Crippen LogP contribution in [0.3, 0.4) is 0 Å². The molecule has 0 aliphatic carbocycles. The lowest BCUT2D eigenvalue weighted by molar-refractivity contribution is -0.0472. The summed E-state index contributed by atoms with van der Waals surface area (Å²) in [6, 6.07) is 0. The monoisotopic (exact) mass is 400 g/mol. The molecule has 0 aromatic heterocycles. The first kappa shape index (κ1) is 27.9. The van der Waals surface area contributed by atoms with Crippen molar-refractivity contribution >= 4 is 0 Å². The first-order chi connectivity index (χ1) is 13.7. The molecule has 0 aromatic rings. The second-order valence-corrected chi connectivity index (χ2v) is 8.88. The Morgan fingerprint density at radius 2 is 0.893 bits per heavy atom. The van der Waals surface area contributed by atoms with Crippen LogP contribution in [0, 0.1) is 5.92 Å². The lowest BCUT2D eigenvalue weighted by Crippen LogP contribution is -2.36. The van der Waals surface area contributed by atoms with Crippen molar-refractivity contribution in [3.63, 3.8) is 0 Å². The minimum atomic E-state index is -0.988. The predicted molar refractivity (Wildman–Crippen MR) is 122 cm³/mol. The van der Waals surface area contributed by atoms with E-state index >= 15 is 0 Å². The molecule has 0 rings (SSSR count). The first-order valence-electron chi connectivity index (χ1n) is 12.6. The summed E-state index contributed by atoms with van der Waals surface area (Å²) in [7, 11) is 0. The molecular formula is C25H52O3. The maximum Gasteiger partial charge on any atom is 0.103 e. The summed E-state index contributed by atoms with van der Waals surface area (Å²) < 4.78 is 0. The molecule has 0 aromatic carbocycles. The van der Waals surface area contributed by atoms with E-state index in [1.807, 2.05) is 0 Å². The Morgan fingerprint density at radius 3 is 1.25 bits per heavy atom. The molecule has 0 spiro atoms. The van der Waals surface area contributed by atoms with Gasteiger partial charge < -0.3 is 15.3 Å². The predicted octanol–water partition coefficient (Wildman–Crippen LogP) is 6.77. The normalized spacial score (nSPS) is 14.9. The van der Waals surface area contributed by atoms with E-state index in [0.717, 1.165) is 25.7 Å². The van der Waals surface area contributed by atoms with Crippen LogP contribution < -0.4 is 0 Å². The molecule has 170 valence electrons. The van der Waals surface area contributed by atoms with Gasteiger partial charge in [0.15, 0.2) is 0 Å². The molecule has 0 amide bonds. The van der Waals surface area contributed by atoms with E-state index in [2.05, 4.69) is 13.8 Å². The van der Waals surface area contributed by atoms with Crippen LogP contribution in [-0.2, 0) is 0 Å². The fraction of sp³-hybridized carbons (Fsp3) is 1.00. The Hall–Kier alpha value is -0.120. The Morgan fingerprint density at radius 1 is 0.500 bits per heavy atom. The van der Waals surface area contributed by atoms with Gasteiger partial charge >= 0.3 is 0 Å². The van der Waals surface area contributed by atoms with Crippen molar-refractivity contribution in [1.29, 1.82) is 0 Å². The Kier molecular flexibility index (Phi) is 21.5. The van der Waals surface area contributed by atoms with Gasteiger partial charge in [0.05, 0.1) is 12.7 Å². The van der Waals surface area contributed by atoms with Crippen LogP contribution in [0.5, 0.6) is 0 Å². The van der Waals surface area contributed by atoms with Crippen LogP contribution in [-0.4, -0.2) is 34.1 Å². The van der Waals surface area contributed by atoms with Gasteiger partial charge in [0, 0.05) is 0 Å². The summed E-state index contributed by atoms with van der Waals surface area (Å²) in [6.07, 6.45) is 23.0. The number of unbranched alkanes of at least 4 members (excludes halogenated alkanes) is 15. The average Bonchev–Trinajstić information content (AvgIpc) is 2.71. The Bertz CT molecular complexity index is 296. The van der Waals surface area contributed by atoms with Crippen LogP contribution in [0.4, 0.5) is 0 Å². The van der Waals surface area contributed by atoms with Gasteiger partial charge in [0.2, 0.25) is 0 Å². The zero-order valence-electron chi connectivity index (χ0n) is 19.2. The molecule has 3 unspecified atom stereocenters. The van der Waals surface area contributed by atoms with Crippen molar-refractivity contribution in [2.75, 3.05) is 6.61 Å². The number of hydrogen-bond donors (Lipinski definition) is 3. The fourth-order valence-corrected chi connectivity index (χ4v) is 4.23. The van der Waals surface area contributed by atoms with Crippen LogP contribution in [0.1, 0.15) is 136 Å². The topological polar surface area (TPSA) is 60.7 Å². The average molecular weight is 401 g/mol. The molecule has 0 fully saturated rings. The molecule has 3 atom stereocenters. The highest BCUT2D eigenvalue weighted by Gasteiger charge is 2.24. The van der Waals surface area contributed by atoms with E-state index in [4.69, 9.17) is 5.11 Å². The van der Waals surface area contributed by atoms with Crippen molar-refractivity contribution in [2.24, 2.45) is 5.92 Å². The first-order valence-corrected chi connectivity index (χ1v) is 12.6. The van der Waals surface area contributed by atoms with Crippen molar-refractivity contribution in [1.82, 2.24) is 0 Å². The van der Waals surface area contributed by atoms with Gasteiger partial charge in [-0.1, -0.05) is 123 Å². The van der Waals surface area contributed by atoms with E-state index in [-0.39, 0.29) is 12.5 Å². The van der Waals surface area contributed by atoms with Crippen LogP contribution in [0.25, 0.3) is 0 Å². The largest absolute Gasteiger partial charge is 0.394 e. The van der Waals surface area contributed by atoms with Crippen molar-refractivity contribution in [2.45, 2.75) is 148 Å². The SMILES string of the molecule is CCCCCCCCCCCCCCCCCCC(CCC)C(O)C(O)CO. The summed E-state index contributed by atoms with van der Waals surface area (Å²) in [5, 5.41) is 28.8. The van der Waals surface area contributed by atoms with E-state index in [9.17, 15) is 10.2 Å². The lowest BCUT2D eigenvalue weighted by Gasteiger charge is -2.25. The van der Waals surface area contributed by atoms with E-state index in [0.29, 0.717) is 0 Å². The zero-order chi connectivity index (χ0) is 20.9. The third-order valence-electron chi connectivity index (χ3n) is 6.15. The minimum absolute atomic E-state index is 0.124. The highest BCUT2D eigenvalue weighted by atomic mass is 16.4. The molecule has 3 heteroatoms. The van der Waals surface area contributed by atoms with Crippen molar-refractivity contribution in [3.05, 3.63) is 0 Å². The molecule has 0 aliphatic rings. The summed E-state index contributed by atoms with van der Waals surface area (Å²) in [5.74, 6) is 0.124. The van der Waals surface area contributed by atoms with E-state index in [1.54, 1.807) is 0 Å². The number of aliphatic hydroxyl groups excluding tert-OH is 3. The second kappa shape index (κ2) is 21.6. The van der Waals surface area contributed by atoms with Gasteiger partial charge in [0.25, 0.3) is 0 Å². The maximum absolute atomic E-state index is 10.1. The van der Waals surface area contributed by atoms with E-state index < -0.39 is 12.2 Å². The van der Waals surface area contributed by atoms with Crippen molar-refractivity contribution < 1.29 is 15.3 Å². The highest BCUT2D eigenvalue weighted by molar-refractivity contribution is 4.75. The van der Waals surface area contributed by atoms with Gasteiger partial charge in [-0.05, 0) is 18.8 Å². The quantitative estimate of drug-likeness (QED) is 0.176. The van der Waals surface area contributed by atoms with Crippen LogP contribution in [0.15, 0.2) is 0 Å². The standard InChI is InChI=1S/C25H52O3/c1-3-5-6-7-8-9-10-11-12-13-14-15-16-17-18-19-21-23(20-4-2)25(28)24(27)22-26/h23-28H,3-22H2,1-2H3. The second-order valence-electron chi connectivity index (χ2n) is 8.88. The molecule has 0 saturated heterocycles.